The van der Waals surface area contributed by atoms with E-state index in [1.54, 1.807) is 0 Å². The highest BCUT2D eigenvalue weighted by atomic mass is 16.7. The zero-order chi connectivity index (χ0) is 24.1. The maximum atomic E-state index is 12.5. The lowest BCUT2D eigenvalue weighted by molar-refractivity contribution is -0.134. The van der Waals surface area contributed by atoms with Crippen LogP contribution in [-0.2, 0) is 26.9 Å². The third-order valence-corrected chi connectivity index (χ3v) is 6.22. The fourth-order valence-electron chi connectivity index (χ4n) is 3.50. The van der Waals surface area contributed by atoms with Crippen LogP contribution in [0.15, 0.2) is 66.2 Å². The number of ether oxygens (including phenoxy) is 1. The summed E-state index contributed by atoms with van der Waals surface area (Å²) in [4.78, 5) is 12.5. The van der Waals surface area contributed by atoms with Crippen molar-refractivity contribution in [2.24, 2.45) is 0 Å². The Hall–Kier alpha value is -2.63. The van der Waals surface area contributed by atoms with Crippen molar-refractivity contribution in [1.29, 1.82) is 0 Å². The van der Waals surface area contributed by atoms with Gasteiger partial charge in [-0.3, -0.25) is 4.79 Å². The molecule has 0 bridgehead atoms. The minimum Gasteiger partial charge on any atom is -0.426 e. The van der Waals surface area contributed by atoms with E-state index in [2.05, 4.69) is 26.0 Å². The van der Waals surface area contributed by atoms with Gasteiger partial charge in [0.25, 0.3) is 0 Å². The molecule has 1 fully saturated rings. The fourth-order valence-corrected chi connectivity index (χ4v) is 3.50. The summed E-state index contributed by atoms with van der Waals surface area (Å²) >= 11 is 0. The highest BCUT2D eigenvalue weighted by Crippen LogP contribution is 2.37. The molecule has 0 N–H and O–H groups in total. The van der Waals surface area contributed by atoms with E-state index < -0.39 is 7.12 Å². The highest BCUT2D eigenvalue weighted by Gasteiger charge is 2.50. The van der Waals surface area contributed by atoms with Gasteiger partial charge in [-0.15, -0.1) is 0 Å². The van der Waals surface area contributed by atoms with Gasteiger partial charge < -0.3 is 14.0 Å². The van der Waals surface area contributed by atoms with Crippen molar-refractivity contribution in [2.75, 3.05) is 0 Å². The number of hydrogen-bond donors (Lipinski definition) is 0. The van der Waals surface area contributed by atoms with Gasteiger partial charge in [0.05, 0.1) is 11.2 Å². The van der Waals surface area contributed by atoms with Gasteiger partial charge >= 0.3 is 13.1 Å². The monoisotopic (exact) mass is 446 g/mol. The van der Waals surface area contributed by atoms with E-state index in [1.807, 2.05) is 82.2 Å². The number of rotatable bonds is 8. The molecule has 0 aliphatic carbocycles. The van der Waals surface area contributed by atoms with E-state index in [4.69, 9.17) is 14.0 Å². The maximum Gasteiger partial charge on any atom is 0.487 e. The van der Waals surface area contributed by atoms with E-state index in [0.29, 0.717) is 25.0 Å². The number of carbonyl (C=O) groups is 1. The molecule has 0 atom stereocenters. The first kappa shape index (κ1) is 25.0. The molecule has 0 aromatic heterocycles. The SMILES string of the molecule is CC(C)=CCc1cc(/C=C/B2OC(C)(C)C(C)(C)O2)ccc1OC(=O)CCc1ccccc1. The third-order valence-electron chi connectivity index (χ3n) is 6.22. The van der Waals surface area contributed by atoms with Crippen LogP contribution in [0.5, 0.6) is 5.75 Å². The molecule has 5 heteroatoms. The van der Waals surface area contributed by atoms with E-state index in [1.165, 1.54) is 5.57 Å². The second-order valence-electron chi connectivity index (χ2n) is 9.80. The molecule has 3 rings (SSSR count). The zero-order valence-electron chi connectivity index (χ0n) is 20.7. The van der Waals surface area contributed by atoms with Crippen LogP contribution in [0.25, 0.3) is 6.08 Å². The van der Waals surface area contributed by atoms with E-state index in [0.717, 1.165) is 16.7 Å². The summed E-state index contributed by atoms with van der Waals surface area (Å²) in [5, 5.41) is 0. The molecule has 1 aliphatic heterocycles. The van der Waals surface area contributed by atoms with Crippen molar-refractivity contribution in [1.82, 2.24) is 0 Å². The molecule has 33 heavy (non-hydrogen) atoms. The predicted octanol–water partition coefficient (Wildman–Crippen LogP) is 6.38. The van der Waals surface area contributed by atoms with E-state index in [9.17, 15) is 4.79 Å². The summed E-state index contributed by atoms with van der Waals surface area (Å²) in [5.41, 5.74) is 3.59. The molecular formula is C28H35BO4. The van der Waals surface area contributed by atoms with Gasteiger partial charge in [0.1, 0.15) is 5.75 Å². The normalized spacial score (nSPS) is 16.7. The second-order valence-corrected chi connectivity index (χ2v) is 9.80. The van der Waals surface area contributed by atoms with Gasteiger partial charge in [0, 0.05) is 6.42 Å². The van der Waals surface area contributed by atoms with Crippen LogP contribution >= 0.6 is 0 Å². The first-order valence-electron chi connectivity index (χ1n) is 11.6. The number of aryl methyl sites for hydroxylation is 1. The average molecular weight is 446 g/mol. The van der Waals surface area contributed by atoms with Crippen LogP contribution < -0.4 is 4.74 Å². The van der Waals surface area contributed by atoms with Crippen LogP contribution in [0.1, 0.15) is 64.7 Å². The number of allylic oxidation sites excluding steroid dienone is 2. The Labute approximate surface area is 198 Å². The second kappa shape index (κ2) is 10.5. The lowest BCUT2D eigenvalue weighted by atomic mass is 9.89. The van der Waals surface area contributed by atoms with Crippen molar-refractivity contribution >= 4 is 19.2 Å². The molecule has 0 amide bonds. The van der Waals surface area contributed by atoms with Gasteiger partial charge in [-0.25, -0.2) is 0 Å². The van der Waals surface area contributed by atoms with Crippen LogP contribution in [0.3, 0.4) is 0 Å². The molecule has 2 aromatic rings. The quantitative estimate of drug-likeness (QED) is 0.204. The fraction of sp³-hybridized carbons (Fsp3) is 0.393. The van der Waals surface area contributed by atoms with Crippen LogP contribution in [0.4, 0.5) is 0 Å². The highest BCUT2D eigenvalue weighted by molar-refractivity contribution is 6.52. The Bertz CT molecular complexity index is 1000. The summed E-state index contributed by atoms with van der Waals surface area (Å²) in [6.07, 6.45) is 5.84. The standard InChI is InChI=1S/C28H35BO4/c1-21(2)12-15-24-20-23(18-19-29-32-27(3,4)28(5,6)33-29)13-16-25(24)31-26(30)17-14-22-10-8-7-9-11-22/h7-13,16,18-20H,14-15,17H2,1-6H3/b19-18+. The number of benzene rings is 2. The lowest BCUT2D eigenvalue weighted by Gasteiger charge is -2.32. The third kappa shape index (κ3) is 6.93. The zero-order valence-corrected chi connectivity index (χ0v) is 20.7. The van der Waals surface area contributed by atoms with Gasteiger partial charge in [-0.1, -0.05) is 60.1 Å². The van der Waals surface area contributed by atoms with Crippen molar-refractivity contribution < 1.29 is 18.8 Å². The first-order chi connectivity index (χ1) is 15.6. The molecule has 1 saturated heterocycles. The number of carbonyl (C=O) groups excluding carboxylic acids is 1. The Morgan fingerprint density at radius 3 is 2.30 bits per heavy atom. The summed E-state index contributed by atoms with van der Waals surface area (Å²) in [5.74, 6) is 2.32. The molecule has 174 valence electrons. The summed E-state index contributed by atoms with van der Waals surface area (Å²) in [7, 11) is -0.397. The van der Waals surface area contributed by atoms with Gasteiger partial charge in [0.2, 0.25) is 0 Å². The van der Waals surface area contributed by atoms with Crippen molar-refractivity contribution in [3.63, 3.8) is 0 Å². The number of esters is 1. The van der Waals surface area contributed by atoms with Gasteiger partial charge in [0.15, 0.2) is 0 Å². The largest absolute Gasteiger partial charge is 0.487 e. The Morgan fingerprint density at radius 2 is 1.67 bits per heavy atom. The minimum absolute atomic E-state index is 0.224. The molecule has 1 aliphatic rings. The molecule has 0 saturated carbocycles. The molecule has 2 aromatic carbocycles. The van der Waals surface area contributed by atoms with Crippen molar-refractivity contribution in [2.45, 2.75) is 72.0 Å². The first-order valence-corrected chi connectivity index (χ1v) is 11.6. The molecular weight excluding hydrogens is 411 g/mol. The summed E-state index contributed by atoms with van der Waals surface area (Å²) in [6, 6.07) is 15.9. The average Bonchev–Trinajstić information content (AvgIpc) is 2.97. The smallest absolute Gasteiger partial charge is 0.426 e. The minimum atomic E-state index is -0.397. The topological polar surface area (TPSA) is 44.8 Å². The predicted molar refractivity (Wildman–Crippen MR) is 135 cm³/mol. The van der Waals surface area contributed by atoms with Crippen LogP contribution in [-0.4, -0.2) is 24.3 Å². The molecule has 4 nitrogen and oxygen atoms in total. The van der Waals surface area contributed by atoms with E-state index >= 15 is 0 Å². The molecule has 0 spiro atoms. The number of hydrogen-bond acceptors (Lipinski definition) is 4. The van der Waals surface area contributed by atoms with Gasteiger partial charge in [-0.05, 0) is 83.2 Å². The summed E-state index contributed by atoms with van der Waals surface area (Å²) in [6.45, 7) is 12.3. The molecule has 1 heterocycles. The molecule has 0 radical (unpaired) electrons. The van der Waals surface area contributed by atoms with Gasteiger partial charge in [-0.2, -0.15) is 0 Å². The molecule has 0 unspecified atom stereocenters. The Morgan fingerprint density at radius 1 is 1.00 bits per heavy atom. The maximum absolute atomic E-state index is 12.5. The Balaban J connectivity index is 1.71. The summed E-state index contributed by atoms with van der Waals surface area (Å²) < 4.78 is 17.8. The van der Waals surface area contributed by atoms with Crippen LogP contribution in [0.2, 0.25) is 0 Å². The van der Waals surface area contributed by atoms with E-state index in [-0.39, 0.29) is 17.2 Å². The lowest BCUT2D eigenvalue weighted by Crippen LogP contribution is -2.41. The Kier molecular flexibility index (Phi) is 7.99. The van der Waals surface area contributed by atoms with Crippen molar-refractivity contribution in [3.8, 4) is 5.75 Å². The van der Waals surface area contributed by atoms with Crippen molar-refractivity contribution in [3.05, 3.63) is 82.8 Å². The van der Waals surface area contributed by atoms with Crippen LogP contribution in [0, 0.1) is 0 Å².